The van der Waals surface area contributed by atoms with E-state index in [1.54, 1.807) is 0 Å². The minimum Gasteiger partial charge on any atom is -0.263 e. The minimum absolute atomic E-state index is 0.506. The first-order chi connectivity index (χ1) is 5.06. The summed E-state index contributed by atoms with van der Waals surface area (Å²) in [6.45, 7) is 0. The van der Waals surface area contributed by atoms with Crippen LogP contribution in [0.2, 0.25) is 0 Å². The molecule has 0 aromatic carbocycles. The summed E-state index contributed by atoms with van der Waals surface area (Å²) in [7, 11) is -4.28. The predicted octanol–water partition coefficient (Wildman–Crippen LogP) is 1.47. The van der Waals surface area contributed by atoms with E-state index in [9.17, 15) is 8.42 Å². The van der Waals surface area contributed by atoms with Crippen molar-refractivity contribution in [1.29, 1.82) is 0 Å². The molecule has 0 aromatic heterocycles. The molecule has 1 N–H and O–H groups in total. The Labute approximate surface area is 75.4 Å². The maximum atomic E-state index is 9.95. The lowest BCUT2D eigenvalue weighted by atomic mass is 10.4. The van der Waals surface area contributed by atoms with Gasteiger partial charge in [-0.25, -0.2) is 0 Å². The summed E-state index contributed by atoms with van der Waals surface area (Å²) >= 11 is 6.06. The lowest BCUT2D eigenvalue weighted by Crippen LogP contribution is -1.97. The maximum Gasteiger partial charge on any atom is 0.408 e. The zero-order valence-electron chi connectivity index (χ0n) is 5.69. The number of hydrogen-bond donors (Lipinski definition) is 1. The van der Waals surface area contributed by atoms with E-state index in [0.717, 1.165) is 12.8 Å². The molecule has 0 heterocycles. The first kappa shape index (κ1) is 11.5. The van der Waals surface area contributed by atoms with Crippen LogP contribution in [-0.2, 0) is 14.0 Å². The second-order valence-corrected chi connectivity index (χ2v) is 4.14. The van der Waals surface area contributed by atoms with Crippen molar-refractivity contribution in [3.8, 4) is 0 Å². The van der Waals surface area contributed by atoms with Crippen molar-refractivity contribution in [2.24, 2.45) is 0 Å². The van der Waals surface area contributed by atoms with Gasteiger partial charge in [0.25, 0.3) is 0 Å². The zero-order chi connectivity index (χ0) is 8.74. The van der Waals surface area contributed by atoms with Crippen LogP contribution in [0.5, 0.6) is 0 Å². The molecule has 11 heavy (non-hydrogen) atoms. The average Bonchev–Trinajstić information content (AvgIpc) is 1.85. The quantitative estimate of drug-likeness (QED) is 0.318. The van der Waals surface area contributed by atoms with Crippen molar-refractivity contribution in [1.82, 2.24) is 0 Å². The highest BCUT2D eigenvalue weighted by Crippen LogP contribution is 2.09. The molecule has 0 atom stereocenters. The summed E-state index contributed by atoms with van der Waals surface area (Å²) in [6.07, 6.45) is 1.58. The highest BCUT2D eigenvalue weighted by atomic mass is 35.5. The van der Waals surface area contributed by atoms with Gasteiger partial charge in [0.1, 0.15) is 0 Å². The van der Waals surface area contributed by atoms with Gasteiger partial charge in [0.15, 0.2) is 0 Å². The molecule has 0 radical (unpaired) electrons. The van der Waals surface area contributed by atoms with E-state index >= 15 is 0 Å². The van der Waals surface area contributed by atoms with E-state index in [4.69, 9.17) is 16.2 Å². The van der Waals surface area contributed by atoms with Crippen LogP contribution in [0.4, 0.5) is 0 Å². The van der Waals surface area contributed by atoms with Gasteiger partial charge in [0.2, 0.25) is 0 Å². The standard InChI is InChI=1S/C4H9ClO4S2/c5-3-1-2-4-10-9-11(6,7)8/h1-4H2,(H,6,7,8). The Hall–Kier alpha value is 0.510. The smallest absolute Gasteiger partial charge is 0.263 e. The van der Waals surface area contributed by atoms with Crippen LogP contribution >= 0.6 is 23.6 Å². The van der Waals surface area contributed by atoms with E-state index in [0.29, 0.717) is 23.7 Å². The van der Waals surface area contributed by atoms with E-state index in [-0.39, 0.29) is 0 Å². The lowest BCUT2D eigenvalue weighted by molar-refractivity contribution is 0.407. The predicted molar refractivity (Wildman–Crippen MR) is 45.0 cm³/mol. The molecule has 0 bridgehead atoms. The molecule has 0 aromatic rings. The summed E-state index contributed by atoms with van der Waals surface area (Å²) < 4.78 is 32.0. The summed E-state index contributed by atoms with van der Waals surface area (Å²) in [6, 6.07) is 0. The van der Waals surface area contributed by atoms with Crippen molar-refractivity contribution in [3.05, 3.63) is 0 Å². The fraction of sp³-hybridized carbons (Fsp3) is 1.00. The van der Waals surface area contributed by atoms with Gasteiger partial charge < -0.3 is 0 Å². The van der Waals surface area contributed by atoms with Crippen molar-refractivity contribution in [2.75, 3.05) is 11.6 Å². The molecule has 0 amide bonds. The SMILES string of the molecule is O=S(=O)(O)OSCCCCCl. The van der Waals surface area contributed by atoms with E-state index in [1.807, 2.05) is 0 Å². The topological polar surface area (TPSA) is 63.6 Å². The Bertz CT molecular complexity index is 179. The van der Waals surface area contributed by atoms with Gasteiger partial charge in [-0.2, -0.15) is 12.0 Å². The molecule has 0 saturated heterocycles. The van der Waals surface area contributed by atoms with Crippen LogP contribution in [-0.4, -0.2) is 24.6 Å². The van der Waals surface area contributed by atoms with Crippen molar-refractivity contribution >= 4 is 34.0 Å². The average molecular weight is 221 g/mol. The molecule has 0 unspecified atom stereocenters. The van der Waals surface area contributed by atoms with E-state index in [2.05, 4.69) is 3.63 Å². The third-order valence-electron chi connectivity index (χ3n) is 0.745. The Morgan fingerprint density at radius 3 is 2.55 bits per heavy atom. The molecule has 7 heteroatoms. The Balaban J connectivity index is 3.16. The summed E-state index contributed by atoms with van der Waals surface area (Å²) in [5.41, 5.74) is 0. The van der Waals surface area contributed by atoms with Gasteiger partial charge in [-0.05, 0) is 12.8 Å². The maximum absolute atomic E-state index is 9.95. The van der Waals surface area contributed by atoms with Crippen LogP contribution in [0.25, 0.3) is 0 Å². The third kappa shape index (κ3) is 10.5. The summed E-state index contributed by atoms with van der Waals surface area (Å²) in [5.74, 6) is 1.05. The molecule has 0 aliphatic carbocycles. The molecular formula is C4H9ClO4S2. The van der Waals surface area contributed by atoms with Crippen LogP contribution in [0.15, 0.2) is 0 Å². The summed E-state index contributed by atoms with van der Waals surface area (Å²) in [5, 5.41) is 0. The number of halogens is 1. The minimum atomic E-state index is -4.28. The van der Waals surface area contributed by atoms with Crippen molar-refractivity contribution in [2.45, 2.75) is 12.8 Å². The van der Waals surface area contributed by atoms with Gasteiger partial charge in [-0.1, -0.05) is 0 Å². The monoisotopic (exact) mass is 220 g/mol. The zero-order valence-corrected chi connectivity index (χ0v) is 8.08. The molecule has 4 nitrogen and oxygen atoms in total. The van der Waals surface area contributed by atoms with Gasteiger partial charge >= 0.3 is 10.4 Å². The van der Waals surface area contributed by atoms with Crippen LogP contribution in [0.1, 0.15) is 12.8 Å². The van der Waals surface area contributed by atoms with Crippen molar-refractivity contribution < 1.29 is 16.6 Å². The highest BCUT2D eigenvalue weighted by Gasteiger charge is 2.03. The number of unbranched alkanes of at least 4 members (excludes halogenated alkanes) is 1. The molecule has 0 aliphatic rings. The molecule has 0 spiro atoms. The lowest BCUT2D eigenvalue weighted by Gasteiger charge is -1.96. The Kier molecular flexibility index (Phi) is 6.36. The number of alkyl halides is 1. The van der Waals surface area contributed by atoms with E-state index in [1.165, 1.54) is 0 Å². The first-order valence-electron chi connectivity index (χ1n) is 2.91. The van der Waals surface area contributed by atoms with Gasteiger partial charge in [0, 0.05) is 23.7 Å². The molecule has 68 valence electrons. The third-order valence-corrected chi connectivity index (χ3v) is 2.54. The van der Waals surface area contributed by atoms with Gasteiger partial charge in [0.05, 0.1) is 0 Å². The largest absolute Gasteiger partial charge is 0.408 e. The highest BCUT2D eigenvalue weighted by molar-refractivity contribution is 8.02. The Morgan fingerprint density at radius 2 is 2.09 bits per heavy atom. The normalized spacial score (nSPS) is 11.8. The Morgan fingerprint density at radius 1 is 1.45 bits per heavy atom. The molecular weight excluding hydrogens is 212 g/mol. The van der Waals surface area contributed by atoms with Gasteiger partial charge in [-0.15, -0.1) is 11.6 Å². The molecule has 0 aliphatic heterocycles. The van der Waals surface area contributed by atoms with Crippen LogP contribution in [0.3, 0.4) is 0 Å². The van der Waals surface area contributed by atoms with E-state index < -0.39 is 10.4 Å². The molecule has 0 rings (SSSR count). The fourth-order valence-electron chi connectivity index (χ4n) is 0.350. The van der Waals surface area contributed by atoms with Crippen LogP contribution in [0, 0.1) is 0 Å². The first-order valence-corrected chi connectivity index (χ1v) is 5.72. The van der Waals surface area contributed by atoms with Crippen molar-refractivity contribution in [3.63, 3.8) is 0 Å². The second-order valence-electron chi connectivity index (χ2n) is 1.71. The number of hydrogen-bond acceptors (Lipinski definition) is 4. The fourth-order valence-corrected chi connectivity index (χ4v) is 1.62. The second kappa shape index (κ2) is 6.07. The van der Waals surface area contributed by atoms with Crippen LogP contribution < -0.4 is 0 Å². The number of rotatable bonds is 6. The summed E-state index contributed by atoms with van der Waals surface area (Å²) in [4.78, 5) is 0. The van der Waals surface area contributed by atoms with Gasteiger partial charge in [-0.3, -0.25) is 4.55 Å². The molecule has 0 fully saturated rings. The molecule has 0 saturated carbocycles.